The van der Waals surface area contributed by atoms with Gasteiger partial charge in [-0.1, -0.05) is 13.8 Å². The number of Topliss-reactive ketones (excluding diaryl/α,β-unsaturated/α-hetero) is 1. The molecule has 0 bridgehead atoms. The zero-order valence-corrected chi connectivity index (χ0v) is 15.0. The molecule has 0 aromatic rings. The molecule has 0 amide bonds. The van der Waals surface area contributed by atoms with Gasteiger partial charge in [-0.2, -0.15) is 0 Å². The second-order valence-electron chi connectivity index (χ2n) is 6.80. The third-order valence-electron chi connectivity index (χ3n) is 3.48. The maximum Gasteiger partial charge on any atom is 0.323 e. The predicted molar refractivity (Wildman–Crippen MR) is 86.2 cm³/mol. The molecule has 0 aliphatic rings. The van der Waals surface area contributed by atoms with Crippen molar-refractivity contribution in [2.24, 2.45) is 5.92 Å². The van der Waals surface area contributed by atoms with E-state index in [0.717, 1.165) is 0 Å². The molecule has 124 valence electrons. The summed E-state index contributed by atoms with van der Waals surface area (Å²) in [6, 6.07) is 0.0998. The molecule has 0 aromatic carbocycles. The van der Waals surface area contributed by atoms with Crippen molar-refractivity contribution in [3.8, 4) is 0 Å². The van der Waals surface area contributed by atoms with Crippen molar-refractivity contribution in [2.75, 3.05) is 0 Å². The SMILES string of the molecule is CC(C)OC(=O)C(CCC(=O)C(C)C)N(C(C)C)C(C)C. The summed E-state index contributed by atoms with van der Waals surface area (Å²) in [5.74, 6) is -0.00733. The van der Waals surface area contributed by atoms with Gasteiger partial charge >= 0.3 is 5.97 Å². The fourth-order valence-corrected chi connectivity index (χ4v) is 2.58. The molecular weight excluding hydrogens is 266 g/mol. The van der Waals surface area contributed by atoms with E-state index in [4.69, 9.17) is 4.74 Å². The van der Waals surface area contributed by atoms with Crippen molar-refractivity contribution in [3.05, 3.63) is 0 Å². The normalized spacial score (nSPS) is 13.6. The molecular formula is C17H33NO3. The quantitative estimate of drug-likeness (QED) is 0.612. The molecule has 0 N–H and O–H groups in total. The van der Waals surface area contributed by atoms with Gasteiger partial charge in [0.2, 0.25) is 0 Å². The van der Waals surface area contributed by atoms with Gasteiger partial charge < -0.3 is 4.74 Å². The molecule has 0 fully saturated rings. The fourth-order valence-electron chi connectivity index (χ4n) is 2.58. The number of carbonyl (C=O) groups is 2. The van der Waals surface area contributed by atoms with Crippen molar-refractivity contribution >= 4 is 11.8 Å². The minimum atomic E-state index is -0.352. The van der Waals surface area contributed by atoms with Gasteiger partial charge in [0, 0.05) is 24.4 Å². The first-order valence-electron chi connectivity index (χ1n) is 8.08. The van der Waals surface area contributed by atoms with Crippen LogP contribution >= 0.6 is 0 Å². The summed E-state index contributed by atoms with van der Waals surface area (Å²) in [7, 11) is 0. The zero-order chi connectivity index (χ0) is 16.7. The predicted octanol–water partition coefficient (Wildman–Crippen LogP) is 3.43. The van der Waals surface area contributed by atoms with Crippen LogP contribution in [0.15, 0.2) is 0 Å². The van der Waals surface area contributed by atoms with Crippen LogP contribution < -0.4 is 0 Å². The highest BCUT2D eigenvalue weighted by molar-refractivity contribution is 5.82. The minimum Gasteiger partial charge on any atom is -0.462 e. The zero-order valence-electron chi connectivity index (χ0n) is 15.0. The Labute approximate surface area is 130 Å². The lowest BCUT2D eigenvalue weighted by atomic mass is 9.99. The van der Waals surface area contributed by atoms with E-state index in [9.17, 15) is 9.59 Å². The first-order chi connectivity index (χ1) is 9.57. The molecule has 0 aromatic heterocycles. The van der Waals surface area contributed by atoms with Crippen molar-refractivity contribution in [2.45, 2.75) is 92.5 Å². The van der Waals surface area contributed by atoms with Crippen molar-refractivity contribution in [3.63, 3.8) is 0 Å². The van der Waals surface area contributed by atoms with Crippen LogP contribution in [0.25, 0.3) is 0 Å². The van der Waals surface area contributed by atoms with Gasteiger partial charge in [-0.05, 0) is 48.0 Å². The van der Waals surface area contributed by atoms with Crippen molar-refractivity contribution < 1.29 is 14.3 Å². The monoisotopic (exact) mass is 299 g/mol. The van der Waals surface area contributed by atoms with E-state index < -0.39 is 0 Å². The van der Waals surface area contributed by atoms with Gasteiger partial charge in [0.05, 0.1) is 6.10 Å². The van der Waals surface area contributed by atoms with Crippen LogP contribution in [-0.2, 0) is 14.3 Å². The van der Waals surface area contributed by atoms with Gasteiger partial charge in [-0.15, -0.1) is 0 Å². The lowest BCUT2D eigenvalue weighted by molar-refractivity contribution is -0.156. The number of esters is 1. The van der Waals surface area contributed by atoms with Gasteiger partial charge in [0.1, 0.15) is 11.8 Å². The van der Waals surface area contributed by atoms with Crippen molar-refractivity contribution in [1.82, 2.24) is 4.90 Å². The number of rotatable bonds is 9. The van der Waals surface area contributed by atoms with Gasteiger partial charge in [-0.25, -0.2) is 0 Å². The summed E-state index contributed by atoms with van der Waals surface area (Å²) >= 11 is 0. The number of nitrogens with zero attached hydrogens (tertiary/aromatic N) is 1. The third-order valence-corrected chi connectivity index (χ3v) is 3.48. The van der Waals surface area contributed by atoms with E-state index in [1.807, 2.05) is 27.7 Å². The van der Waals surface area contributed by atoms with E-state index in [-0.39, 0.29) is 41.9 Å². The number of ether oxygens (including phenoxy) is 1. The summed E-state index contributed by atoms with van der Waals surface area (Å²) in [5, 5.41) is 0. The van der Waals surface area contributed by atoms with Crippen molar-refractivity contribution in [1.29, 1.82) is 0 Å². The van der Waals surface area contributed by atoms with Crippen LogP contribution in [0.5, 0.6) is 0 Å². The molecule has 0 saturated heterocycles. The van der Waals surface area contributed by atoms with E-state index in [1.54, 1.807) is 0 Å². The second-order valence-corrected chi connectivity index (χ2v) is 6.80. The van der Waals surface area contributed by atoms with Gasteiger partial charge in [-0.3, -0.25) is 14.5 Å². The van der Waals surface area contributed by atoms with Gasteiger partial charge in [0.15, 0.2) is 0 Å². The van der Waals surface area contributed by atoms with E-state index >= 15 is 0 Å². The molecule has 0 spiro atoms. The van der Waals surface area contributed by atoms with E-state index in [2.05, 4.69) is 32.6 Å². The van der Waals surface area contributed by atoms with E-state index in [1.165, 1.54) is 0 Å². The molecule has 0 rings (SSSR count). The molecule has 1 atom stereocenters. The summed E-state index contributed by atoms with van der Waals surface area (Å²) in [6.07, 6.45) is 0.812. The summed E-state index contributed by atoms with van der Waals surface area (Å²) in [5.41, 5.74) is 0. The van der Waals surface area contributed by atoms with Crippen LogP contribution in [0.2, 0.25) is 0 Å². The van der Waals surface area contributed by atoms with Crippen LogP contribution in [0.4, 0.5) is 0 Å². The second kappa shape index (κ2) is 9.19. The molecule has 0 heterocycles. The standard InChI is InChI=1S/C17H33NO3/c1-11(2)16(19)10-9-15(17(20)21-14(7)8)18(12(3)4)13(5)6/h11-15H,9-10H2,1-8H3. The topological polar surface area (TPSA) is 46.6 Å². The highest BCUT2D eigenvalue weighted by Crippen LogP contribution is 2.18. The number of hydrogen-bond acceptors (Lipinski definition) is 4. The number of ketones is 1. The molecule has 4 heteroatoms. The molecule has 1 unspecified atom stereocenters. The Balaban J connectivity index is 5.07. The Morgan fingerprint density at radius 2 is 1.38 bits per heavy atom. The average molecular weight is 299 g/mol. The number of carbonyl (C=O) groups excluding carboxylic acids is 2. The smallest absolute Gasteiger partial charge is 0.323 e. The largest absolute Gasteiger partial charge is 0.462 e. The molecule has 21 heavy (non-hydrogen) atoms. The lowest BCUT2D eigenvalue weighted by Crippen LogP contribution is -2.50. The molecule has 0 aliphatic carbocycles. The average Bonchev–Trinajstić information content (AvgIpc) is 2.31. The Morgan fingerprint density at radius 1 is 0.905 bits per heavy atom. The summed E-state index contributed by atoms with van der Waals surface area (Å²) < 4.78 is 5.39. The third kappa shape index (κ3) is 7.07. The minimum absolute atomic E-state index is 0.0123. The van der Waals surface area contributed by atoms with Crippen LogP contribution in [0.3, 0.4) is 0 Å². The summed E-state index contributed by atoms with van der Waals surface area (Å²) in [4.78, 5) is 26.4. The number of hydrogen-bond donors (Lipinski definition) is 0. The maximum atomic E-state index is 12.4. The van der Waals surface area contributed by atoms with E-state index in [0.29, 0.717) is 12.8 Å². The Kier molecular flexibility index (Phi) is 8.79. The summed E-state index contributed by atoms with van der Waals surface area (Å²) in [6.45, 7) is 15.8. The van der Waals surface area contributed by atoms with Gasteiger partial charge in [0.25, 0.3) is 0 Å². The molecule has 4 nitrogen and oxygen atoms in total. The maximum absolute atomic E-state index is 12.4. The van der Waals surface area contributed by atoms with Crippen LogP contribution in [0.1, 0.15) is 68.2 Å². The molecule has 0 radical (unpaired) electrons. The highest BCUT2D eigenvalue weighted by Gasteiger charge is 2.32. The lowest BCUT2D eigenvalue weighted by Gasteiger charge is -2.37. The Hall–Kier alpha value is -0.900. The first kappa shape index (κ1) is 20.1. The van der Waals surface area contributed by atoms with Crippen LogP contribution in [0, 0.1) is 5.92 Å². The first-order valence-corrected chi connectivity index (χ1v) is 8.08. The molecule has 0 aliphatic heterocycles. The Bertz CT molecular complexity index is 327. The fraction of sp³-hybridized carbons (Fsp3) is 0.882. The van der Waals surface area contributed by atoms with Crippen LogP contribution in [-0.4, -0.2) is 40.9 Å². The highest BCUT2D eigenvalue weighted by atomic mass is 16.5. The molecule has 0 saturated carbocycles. The Morgan fingerprint density at radius 3 is 1.71 bits per heavy atom.